The molecule has 1 aromatic carbocycles. The second-order valence-corrected chi connectivity index (χ2v) is 9.61. The number of rotatable bonds is 6. The van der Waals surface area contributed by atoms with Crippen molar-refractivity contribution in [3.8, 4) is 5.75 Å². The number of hydrogen-bond acceptors (Lipinski definition) is 8. The maximum atomic E-state index is 12.9. The molecule has 0 aromatic heterocycles. The smallest absolute Gasteiger partial charge is 0.262 e. The number of nitrogens with zero attached hydrogens (tertiary/aromatic N) is 2. The molecular formula is C25H30N4O7. The minimum Gasteiger partial charge on any atom is -0.484 e. The van der Waals surface area contributed by atoms with Crippen LogP contribution in [0.4, 0.5) is 0 Å². The molecule has 4 heterocycles. The monoisotopic (exact) mass is 498 g/mol. The predicted octanol–water partition coefficient (Wildman–Crippen LogP) is 0.226. The van der Waals surface area contributed by atoms with Gasteiger partial charge in [0.2, 0.25) is 11.8 Å². The van der Waals surface area contributed by atoms with Gasteiger partial charge in [-0.05, 0) is 63.4 Å². The van der Waals surface area contributed by atoms with Gasteiger partial charge in [0.1, 0.15) is 11.8 Å². The first-order valence-electron chi connectivity index (χ1n) is 12.5. The summed E-state index contributed by atoms with van der Waals surface area (Å²) in [6, 6.07) is 3.39. The minimum atomic E-state index is -1.03. The predicted molar refractivity (Wildman–Crippen MR) is 125 cm³/mol. The summed E-state index contributed by atoms with van der Waals surface area (Å²) in [5, 5.41) is 5.50. The highest BCUT2D eigenvalue weighted by molar-refractivity contribution is 6.23. The van der Waals surface area contributed by atoms with Crippen molar-refractivity contribution in [1.29, 1.82) is 0 Å². The van der Waals surface area contributed by atoms with E-state index in [1.54, 1.807) is 4.90 Å². The van der Waals surface area contributed by atoms with Gasteiger partial charge in [-0.2, -0.15) is 0 Å². The number of ether oxygens (including phenoxy) is 2. The molecular weight excluding hydrogens is 468 g/mol. The van der Waals surface area contributed by atoms with Gasteiger partial charge in [0.25, 0.3) is 17.7 Å². The molecule has 0 aliphatic carbocycles. The molecule has 4 aliphatic heterocycles. The zero-order chi connectivity index (χ0) is 25.2. The Hall–Kier alpha value is -3.31. The number of amides is 5. The first-order chi connectivity index (χ1) is 17.4. The summed E-state index contributed by atoms with van der Waals surface area (Å²) in [4.78, 5) is 64.7. The zero-order valence-electron chi connectivity index (χ0n) is 20.0. The fourth-order valence-corrected chi connectivity index (χ4v) is 5.22. The SMILES string of the molecule is O=C1CCC(N2C(=O)c3ccc(OCC(=O)N4CCC(OC5CCNCC5)CC4)cc3C2=O)C(=O)N1. The van der Waals surface area contributed by atoms with Gasteiger partial charge in [0.05, 0.1) is 23.3 Å². The lowest BCUT2D eigenvalue weighted by molar-refractivity contribution is -0.137. The molecule has 3 fully saturated rings. The number of hydrogen-bond donors (Lipinski definition) is 2. The van der Waals surface area contributed by atoms with Crippen molar-refractivity contribution in [2.45, 2.75) is 56.8 Å². The molecule has 3 saturated heterocycles. The van der Waals surface area contributed by atoms with Gasteiger partial charge in [0, 0.05) is 19.5 Å². The third-order valence-corrected chi connectivity index (χ3v) is 7.24. The maximum Gasteiger partial charge on any atom is 0.262 e. The van der Waals surface area contributed by atoms with Crippen LogP contribution in [0, 0.1) is 0 Å². The largest absolute Gasteiger partial charge is 0.484 e. The highest BCUT2D eigenvalue weighted by Crippen LogP contribution is 2.30. The first kappa shape index (κ1) is 24.4. The van der Waals surface area contributed by atoms with Crippen molar-refractivity contribution < 1.29 is 33.4 Å². The van der Waals surface area contributed by atoms with Crippen molar-refractivity contribution in [1.82, 2.24) is 20.4 Å². The van der Waals surface area contributed by atoms with Crippen LogP contribution in [-0.4, -0.2) is 90.4 Å². The summed E-state index contributed by atoms with van der Waals surface area (Å²) in [7, 11) is 0. The number of benzene rings is 1. The van der Waals surface area contributed by atoms with E-state index in [2.05, 4.69) is 10.6 Å². The van der Waals surface area contributed by atoms with E-state index >= 15 is 0 Å². The van der Waals surface area contributed by atoms with Gasteiger partial charge in [-0.3, -0.25) is 34.2 Å². The molecule has 11 heteroatoms. The lowest BCUT2D eigenvalue weighted by atomic mass is 10.0. The molecule has 36 heavy (non-hydrogen) atoms. The zero-order valence-corrected chi connectivity index (χ0v) is 20.0. The molecule has 1 unspecified atom stereocenters. The number of piperidine rings is 3. The second-order valence-electron chi connectivity index (χ2n) is 9.61. The lowest BCUT2D eigenvalue weighted by Gasteiger charge is -2.35. The molecule has 2 N–H and O–H groups in total. The molecule has 5 rings (SSSR count). The van der Waals surface area contributed by atoms with E-state index in [1.807, 2.05) is 0 Å². The van der Waals surface area contributed by atoms with Crippen molar-refractivity contribution in [2.24, 2.45) is 0 Å². The van der Waals surface area contributed by atoms with Crippen LogP contribution in [-0.2, 0) is 19.1 Å². The van der Waals surface area contributed by atoms with E-state index in [-0.39, 0.29) is 48.3 Å². The van der Waals surface area contributed by atoms with Crippen LogP contribution in [0.1, 0.15) is 59.2 Å². The second kappa shape index (κ2) is 10.4. The summed E-state index contributed by atoms with van der Waals surface area (Å²) < 4.78 is 11.9. The molecule has 0 bridgehead atoms. The summed E-state index contributed by atoms with van der Waals surface area (Å²) in [6.45, 7) is 3.00. The van der Waals surface area contributed by atoms with E-state index in [1.165, 1.54) is 18.2 Å². The van der Waals surface area contributed by atoms with E-state index in [0.29, 0.717) is 19.2 Å². The van der Waals surface area contributed by atoms with Gasteiger partial charge in [0.15, 0.2) is 6.61 Å². The van der Waals surface area contributed by atoms with E-state index in [0.717, 1.165) is 43.7 Å². The maximum absolute atomic E-state index is 12.9. The van der Waals surface area contributed by atoms with Crippen molar-refractivity contribution >= 4 is 29.5 Å². The summed E-state index contributed by atoms with van der Waals surface area (Å²) >= 11 is 0. The van der Waals surface area contributed by atoms with Crippen LogP contribution in [0.25, 0.3) is 0 Å². The average molecular weight is 499 g/mol. The molecule has 0 spiro atoms. The Morgan fingerprint density at radius 1 is 0.917 bits per heavy atom. The molecule has 0 saturated carbocycles. The van der Waals surface area contributed by atoms with Gasteiger partial charge in [-0.25, -0.2) is 0 Å². The molecule has 4 aliphatic rings. The summed E-state index contributed by atoms with van der Waals surface area (Å²) in [5.74, 6) is -2.14. The van der Waals surface area contributed by atoms with Crippen molar-refractivity contribution in [2.75, 3.05) is 32.8 Å². The summed E-state index contributed by atoms with van der Waals surface area (Å²) in [6.07, 6.45) is 4.24. The topological polar surface area (TPSA) is 134 Å². The van der Waals surface area contributed by atoms with Crippen LogP contribution in [0.2, 0.25) is 0 Å². The molecule has 5 amide bonds. The van der Waals surface area contributed by atoms with Crippen LogP contribution in [0.5, 0.6) is 5.75 Å². The third-order valence-electron chi connectivity index (χ3n) is 7.24. The number of likely N-dealkylation sites (tertiary alicyclic amines) is 1. The quantitative estimate of drug-likeness (QED) is 0.533. The van der Waals surface area contributed by atoms with Crippen molar-refractivity contribution in [3.05, 3.63) is 29.3 Å². The van der Waals surface area contributed by atoms with Gasteiger partial charge in [-0.15, -0.1) is 0 Å². The first-order valence-corrected chi connectivity index (χ1v) is 12.5. The van der Waals surface area contributed by atoms with Gasteiger partial charge >= 0.3 is 0 Å². The standard InChI is InChI=1S/C25H30N4O7/c30-21-4-3-20(23(32)27-21)29-24(33)18-2-1-17(13-19(18)25(29)34)35-14-22(31)28-11-7-16(8-12-28)36-15-5-9-26-10-6-15/h1-2,13,15-16,20,26H,3-12,14H2,(H,27,30,32). The molecule has 1 atom stereocenters. The Kier molecular flexibility index (Phi) is 7.01. The molecule has 192 valence electrons. The van der Waals surface area contributed by atoms with Gasteiger partial charge < -0.3 is 19.7 Å². The van der Waals surface area contributed by atoms with Crippen LogP contribution in [0.15, 0.2) is 18.2 Å². The van der Waals surface area contributed by atoms with E-state index in [9.17, 15) is 24.0 Å². The Balaban J connectivity index is 1.14. The van der Waals surface area contributed by atoms with Crippen molar-refractivity contribution in [3.63, 3.8) is 0 Å². The highest BCUT2D eigenvalue weighted by Gasteiger charge is 2.44. The Bertz CT molecular complexity index is 1080. The van der Waals surface area contributed by atoms with Crippen LogP contribution >= 0.6 is 0 Å². The Morgan fingerprint density at radius 2 is 1.61 bits per heavy atom. The molecule has 0 radical (unpaired) electrons. The number of carbonyl (C=O) groups is 5. The van der Waals surface area contributed by atoms with E-state index < -0.39 is 29.7 Å². The highest BCUT2D eigenvalue weighted by atomic mass is 16.5. The fourth-order valence-electron chi connectivity index (χ4n) is 5.22. The Labute approximate surface area is 208 Å². The van der Waals surface area contributed by atoms with E-state index in [4.69, 9.17) is 9.47 Å². The Morgan fingerprint density at radius 3 is 2.33 bits per heavy atom. The lowest BCUT2D eigenvalue weighted by Crippen LogP contribution is -2.54. The summed E-state index contributed by atoms with van der Waals surface area (Å²) in [5.41, 5.74) is 0.282. The molecule has 1 aromatic rings. The number of nitrogens with one attached hydrogen (secondary N) is 2. The minimum absolute atomic E-state index is 0.0573. The number of carbonyl (C=O) groups excluding carboxylic acids is 5. The average Bonchev–Trinajstić information content (AvgIpc) is 3.13. The molecule has 11 nitrogen and oxygen atoms in total. The van der Waals surface area contributed by atoms with Gasteiger partial charge in [-0.1, -0.05) is 0 Å². The normalized spacial score (nSPS) is 23.6. The number of imide groups is 2. The fraction of sp³-hybridized carbons (Fsp3) is 0.560. The number of fused-ring (bicyclic) bond motifs is 1. The van der Waals surface area contributed by atoms with Crippen LogP contribution < -0.4 is 15.4 Å². The van der Waals surface area contributed by atoms with Crippen LogP contribution in [0.3, 0.4) is 0 Å². The third kappa shape index (κ3) is 4.98.